The van der Waals surface area contributed by atoms with Crippen LogP contribution in [0.5, 0.6) is 0 Å². The summed E-state index contributed by atoms with van der Waals surface area (Å²) in [7, 11) is 0. The Labute approximate surface area is 137 Å². The van der Waals surface area contributed by atoms with Gasteiger partial charge in [0.1, 0.15) is 12.1 Å². The van der Waals surface area contributed by atoms with Crippen LogP contribution in [0.15, 0.2) is 17.1 Å². The third kappa shape index (κ3) is 8.57. The largest absolute Gasteiger partial charge is 0.374 e. The summed E-state index contributed by atoms with van der Waals surface area (Å²) in [6.07, 6.45) is 18.6. The second-order valence-electron chi connectivity index (χ2n) is 6.42. The molecule has 0 aromatic heterocycles. The Hall–Kier alpha value is -0.830. The van der Waals surface area contributed by atoms with Gasteiger partial charge in [0.15, 0.2) is 0 Å². The van der Waals surface area contributed by atoms with E-state index < -0.39 is 6.23 Å². The number of unbranched alkanes of at least 4 members (excludes halogenated alkanes) is 9. The molecular weight excluding hydrogens is 272 g/mol. The average Bonchev–Trinajstić information content (AvgIpc) is 2.97. The lowest BCUT2D eigenvalue weighted by Crippen LogP contribution is -2.35. The van der Waals surface area contributed by atoms with Crippen LogP contribution >= 0.6 is 0 Å². The minimum absolute atomic E-state index is 0.410. The number of hydrogen-bond acceptors (Lipinski definition) is 3. The monoisotopic (exact) mass is 308 g/mol. The SMILES string of the molecule is CCCCCCCCCCC/C=C/CC1=NCCN1C(C)O. The number of allylic oxidation sites excluding steroid dienone is 1. The van der Waals surface area contributed by atoms with Crippen molar-refractivity contribution in [2.24, 2.45) is 4.99 Å². The highest BCUT2D eigenvalue weighted by Crippen LogP contribution is 2.12. The lowest BCUT2D eigenvalue weighted by molar-refractivity contribution is 0.0771. The zero-order valence-electron chi connectivity index (χ0n) is 14.8. The summed E-state index contributed by atoms with van der Waals surface area (Å²) < 4.78 is 0. The summed E-state index contributed by atoms with van der Waals surface area (Å²) in [6, 6.07) is 0. The van der Waals surface area contributed by atoms with E-state index >= 15 is 0 Å². The standard InChI is InChI=1S/C19H36N2O/c1-3-4-5-6-7-8-9-10-11-12-13-14-15-19-20-16-17-21(19)18(2)22/h13-14,18,22H,3-12,15-17H2,1-2H3/b14-13+. The minimum atomic E-state index is -0.410. The quantitative estimate of drug-likeness (QED) is 0.388. The Morgan fingerprint density at radius 1 is 1.05 bits per heavy atom. The predicted octanol–water partition coefficient (Wildman–Crippen LogP) is 4.91. The number of rotatable bonds is 13. The summed E-state index contributed by atoms with van der Waals surface area (Å²) in [5.41, 5.74) is 0. The summed E-state index contributed by atoms with van der Waals surface area (Å²) in [4.78, 5) is 6.45. The van der Waals surface area contributed by atoms with Gasteiger partial charge in [0, 0.05) is 13.0 Å². The van der Waals surface area contributed by atoms with Gasteiger partial charge in [-0.25, -0.2) is 0 Å². The van der Waals surface area contributed by atoms with Crippen molar-refractivity contribution in [1.82, 2.24) is 4.90 Å². The summed E-state index contributed by atoms with van der Waals surface area (Å²) in [5, 5.41) is 9.63. The van der Waals surface area contributed by atoms with Crippen LogP contribution in [0.1, 0.15) is 84.5 Å². The molecule has 0 bridgehead atoms. The molecule has 128 valence electrons. The smallest absolute Gasteiger partial charge is 0.125 e. The fourth-order valence-electron chi connectivity index (χ4n) is 2.97. The fraction of sp³-hybridized carbons (Fsp3) is 0.842. The molecular formula is C19H36N2O. The first kappa shape index (κ1) is 19.2. The van der Waals surface area contributed by atoms with Crippen LogP contribution < -0.4 is 0 Å². The van der Waals surface area contributed by atoms with Gasteiger partial charge in [-0.2, -0.15) is 0 Å². The third-order valence-electron chi connectivity index (χ3n) is 4.36. The Morgan fingerprint density at radius 2 is 1.68 bits per heavy atom. The molecule has 1 N–H and O–H groups in total. The zero-order chi connectivity index (χ0) is 16.0. The minimum Gasteiger partial charge on any atom is -0.374 e. The maximum Gasteiger partial charge on any atom is 0.125 e. The van der Waals surface area contributed by atoms with E-state index in [1.807, 2.05) is 11.8 Å². The van der Waals surface area contributed by atoms with Crippen molar-refractivity contribution < 1.29 is 5.11 Å². The lowest BCUT2D eigenvalue weighted by Gasteiger charge is -2.22. The highest BCUT2D eigenvalue weighted by molar-refractivity contribution is 5.85. The Kier molecular flexibility index (Phi) is 11.1. The first-order valence-corrected chi connectivity index (χ1v) is 9.38. The first-order chi connectivity index (χ1) is 10.8. The van der Waals surface area contributed by atoms with E-state index in [0.29, 0.717) is 0 Å². The Balaban J connectivity index is 1.92. The maximum atomic E-state index is 9.63. The van der Waals surface area contributed by atoms with Gasteiger partial charge in [0.25, 0.3) is 0 Å². The first-order valence-electron chi connectivity index (χ1n) is 9.38. The van der Waals surface area contributed by atoms with E-state index in [1.54, 1.807) is 0 Å². The van der Waals surface area contributed by atoms with Crippen LogP contribution in [0.4, 0.5) is 0 Å². The van der Waals surface area contributed by atoms with Crippen molar-refractivity contribution in [2.45, 2.75) is 90.7 Å². The van der Waals surface area contributed by atoms with E-state index in [0.717, 1.165) is 25.3 Å². The van der Waals surface area contributed by atoms with Crippen molar-refractivity contribution in [3.05, 3.63) is 12.2 Å². The summed E-state index contributed by atoms with van der Waals surface area (Å²) in [5.74, 6) is 1.04. The second kappa shape index (κ2) is 12.7. The molecule has 0 saturated carbocycles. The third-order valence-corrected chi connectivity index (χ3v) is 4.36. The van der Waals surface area contributed by atoms with Crippen molar-refractivity contribution in [3.8, 4) is 0 Å². The molecule has 3 nitrogen and oxygen atoms in total. The van der Waals surface area contributed by atoms with E-state index in [-0.39, 0.29) is 0 Å². The van der Waals surface area contributed by atoms with Crippen LogP contribution in [0.2, 0.25) is 0 Å². The molecule has 3 heteroatoms. The Morgan fingerprint density at radius 3 is 2.32 bits per heavy atom. The summed E-state index contributed by atoms with van der Waals surface area (Å²) >= 11 is 0. The number of nitrogens with zero attached hydrogens (tertiary/aromatic N) is 2. The molecule has 0 saturated heterocycles. The molecule has 22 heavy (non-hydrogen) atoms. The van der Waals surface area contributed by atoms with Crippen molar-refractivity contribution in [3.63, 3.8) is 0 Å². The molecule has 0 aliphatic carbocycles. The molecule has 0 radical (unpaired) electrons. The lowest BCUT2D eigenvalue weighted by atomic mass is 10.1. The van der Waals surface area contributed by atoms with Crippen LogP contribution in [-0.4, -0.2) is 35.2 Å². The van der Waals surface area contributed by atoms with Crippen LogP contribution in [0.3, 0.4) is 0 Å². The highest BCUT2D eigenvalue weighted by Gasteiger charge is 2.18. The predicted molar refractivity (Wildman–Crippen MR) is 96.3 cm³/mol. The topological polar surface area (TPSA) is 35.8 Å². The number of aliphatic hydroxyl groups is 1. The zero-order valence-corrected chi connectivity index (χ0v) is 14.8. The van der Waals surface area contributed by atoms with E-state index in [4.69, 9.17) is 0 Å². The van der Waals surface area contributed by atoms with Crippen LogP contribution in [-0.2, 0) is 0 Å². The van der Waals surface area contributed by atoms with Crippen molar-refractivity contribution in [1.29, 1.82) is 0 Å². The number of amidine groups is 1. The second-order valence-corrected chi connectivity index (χ2v) is 6.42. The molecule has 0 spiro atoms. The molecule has 0 fully saturated rings. The maximum absolute atomic E-state index is 9.63. The molecule has 0 aromatic carbocycles. The van der Waals surface area contributed by atoms with Gasteiger partial charge in [-0.3, -0.25) is 4.99 Å². The van der Waals surface area contributed by atoms with Crippen molar-refractivity contribution >= 4 is 5.84 Å². The van der Waals surface area contributed by atoms with Crippen LogP contribution in [0.25, 0.3) is 0 Å². The highest BCUT2D eigenvalue weighted by atomic mass is 16.3. The van der Waals surface area contributed by atoms with Gasteiger partial charge in [-0.05, 0) is 19.8 Å². The molecule has 1 atom stereocenters. The molecule has 1 heterocycles. The van der Waals surface area contributed by atoms with Gasteiger partial charge in [-0.1, -0.05) is 70.4 Å². The van der Waals surface area contributed by atoms with Crippen LogP contribution in [0, 0.1) is 0 Å². The van der Waals surface area contributed by atoms with E-state index in [9.17, 15) is 5.11 Å². The molecule has 0 aromatic rings. The number of hydrogen-bond donors (Lipinski definition) is 1. The Bertz CT molecular complexity index is 323. The van der Waals surface area contributed by atoms with Gasteiger partial charge in [0.05, 0.1) is 6.54 Å². The number of aliphatic hydroxyl groups excluding tert-OH is 1. The normalized spacial score (nSPS) is 16.5. The molecule has 0 amide bonds. The molecule has 1 rings (SSSR count). The molecule has 1 aliphatic rings. The van der Waals surface area contributed by atoms with Gasteiger partial charge >= 0.3 is 0 Å². The van der Waals surface area contributed by atoms with Crippen molar-refractivity contribution in [2.75, 3.05) is 13.1 Å². The molecule has 1 unspecified atom stereocenters. The fourth-order valence-corrected chi connectivity index (χ4v) is 2.97. The number of aliphatic imine (C=N–C) groups is 1. The van der Waals surface area contributed by atoms with E-state index in [1.165, 1.54) is 64.2 Å². The average molecular weight is 309 g/mol. The van der Waals surface area contributed by atoms with E-state index in [2.05, 4.69) is 24.1 Å². The molecule has 1 aliphatic heterocycles. The van der Waals surface area contributed by atoms with Gasteiger partial charge in [0.2, 0.25) is 0 Å². The van der Waals surface area contributed by atoms with Gasteiger partial charge < -0.3 is 10.0 Å². The summed E-state index contributed by atoms with van der Waals surface area (Å²) in [6.45, 7) is 5.77. The van der Waals surface area contributed by atoms with Gasteiger partial charge in [-0.15, -0.1) is 0 Å².